The highest BCUT2D eigenvalue weighted by atomic mass is 16.7. The fourth-order valence-corrected chi connectivity index (χ4v) is 6.80. The number of cyclic esters (lactones) is 1. The van der Waals surface area contributed by atoms with Gasteiger partial charge in [-0.2, -0.15) is 5.01 Å². The standard InChI is InChI=1S/C29H37N5O7/c1-3-38-28-19(15-22(36)39-28)32-29(2,37)20-9-6-14-33-21(35)11-10-18(24-27(41-24)34(20)33)31-26-25(40-26)23-17-8-5-4-7-16(17)12-13-30-23/h4-5,7-8,12-13,18-20,24-28,31-32,37H,3,6,9-11,14-15H2,1-2H3/t18-,19-,20-,24?,25?,26?,27?,28+,29?/m0/s1. The molecular weight excluding hydrogens is 530 g/mol. The maximum atomic E-state index is 13.4. The molecule has 41 heavy (non-hydrogen) atoms. The van der Waals surface area contributed by atoms with Gasteiger partial charge < -0.3 is 24.1 Å². The largest absolute Gasteiger partial charge is 0.434 e. The Morgan fingerprint density at radius 3 is 2.88 bits per heavy atom. The molecule has 5 fully saturated rings. The molecule has 1 amide bonds. The lowest BCUT2D eigenvalue weighted by Crippen LogP contribution is -2.69. The maximum Gasteiger partial charge on any atom is 0.309 e. The van der Waals surface area contributed by atoms with Gasteiger partial charge in [-0.1, -0.05) is 24.3 Å². The zero-order valence-electron chi connectivity index (χ0n) is 23.3. The van der Waals surface area contributed by atoms with E-state index in [0.717, 1.165) is 22.9 Å². The molecule has 220 valence electrons. The number of hydrazine groups is 1. The molecule has 1 aromatic heterocycles. The number of aliphatic hydroxyl groups is 1. The van der Waals surface area contributed by atoms with Crippen molar-refractivity contribution in [1.29, 1.82) is 0 Å². The molecular formula is C29H37N5O7. The predicted molar refractivity (Wildman–Crippen MR) is 144 cm³/mol. The number of pyridine rings is 1. The molecule has 0 radical (unpaired) electrons. The van der Waals surface area contributed by atoms with Gasteiger partial charge in [-0.3, -0.25) is 30.2 Å². The van der Waals surface area contributed by atoms with Gasteiger partial charge in [-0.05, 0) is 44.6 Å². The fourth-order valence-electron chi connectivity index (χ4n) is 6.80. The van der Waals surface area contributed by atoms with Gasteiger partial charge in [-0.25, -0.2) is 0 Å². The molecule has 12 nitrogen and oxygen atoms in total. The van der Waals surface area contributed by atoms with E-state index in [4.69, 9.17) is 18.9 Å². The number of amides is 1. The van der Waals surface area contributed by atoms with E-state index in [9.17, 15) is 14.7 Å². The monoisotopic (exact) mass is 567 g/mol. The summed E-state index contributed by atoms with van der Waals surface area (Å²) in [5.41, 5.74) is -0.545. The Morgan fingerprint density at radius 1 is 1.17 bits per heavy atom. The molecule has 0 bridgehead atoms. The quantitative estimate of drug-likeness (QED) is 0.241. The number of aromatic nitrogens is 1. The Kier molecular flexibility index (Phi) is 6.97. The van der Waals surface area contributed by atoms with Crippen LogP contribution in [0.2, 0.25) is 0 Å². The van der Waals surface area contributed by atoms with Crippen LogP contribution in [0.4, 0.5) is 0 Å². The van der Waals surface area contributed by atoms with Gasteiger partial charge in [0, 0.05) is 37.2 Å². The highest BCUT2D eigenvalue weighted by molar-refractivity contribution is 5.84. The molecule has 5 aliphatic heterocycles. The summed E-state index contributed by atoms with van der Waals surface area (Å²) < 4.78 is 23.2. The highest BCUT2D eigenvalue weighted by Crippen LogP contribution is 2.44. The lowest BCUT2D eigenvalue weighted by Gasteiger charge is -2.50. The van der Waals surface area contributed by atoms with E-state index in [2.05, 4.69) is 27.8 Å². The molecule has 0 spiro atoms. The van der Waals surface area contributed by atoms with Crippen LogP contribution >= 0.6 is 0 Å². The summed E-state index contributed by atoms with van der Waals surface area (Å²) in [6.07, 6.45) is 2.58. The van der Waals surface area contributed by atoms with Crippen molar-refractivity contribution >= 4 is 22.6 Å². The molecule has 0 saturated carbocycles. The van der Waals surface area contributed by atoms with Crippen LogP contribution in [0.15, 0.2) is 36.5 Å². The number of nitrogens with zero attached hydrogens (tertiary/aromatic N) is 3. The van der Waals surface area contributed by atoms with Crippen molar-refractivity contribution in [2.24, 2.45) is 0 Å². The summed E-state index contributed by atoms with van der Waals surface area (Å²) in [5.74, 6) is -0.371. The second kappa shape index (κ2) is 10.5. The van der Waals surface area contributed by atoms with Crippen LogP contribution in [0.3, 0.4) is 0 Å². The van der Waals surface area contributed by atoms with Crippen LogP contribution in [0, 0.1) is 0 Å². The highest BCUT2D eigenvalue weighted by Gasteiger charge is 2.59. The third-order valence-corrected chi connectivity index (χ3v) is 8.82. The summed E-state index contributed by atoms with van der Waals surface area (Å²) in [4.78, 5) is 30.0. The Morgan fingerprint density at radius 2 is 2.02 bits per heavy atom. The van der Waals surface area contributed by atoms with Crippen LogP contribution in [0.25, 0.3) is 10.8 Å². The van der Waals surface area contributed by atoms with Crippen LogP contribution in [0.1, 0.15) is 57.7 Å². The van der Waals surface area contributed by atoms with Gasteiger partial charge in [0.2, 0.25) is 12.2 Å². The Labute approximate surface area is 238 Å². The first kappa shape index (κ1) is 27.1. The number of hydrogen-bond acceptors (Lipinski definition) is 11. The zero-order chi connectivity index (χ0) is 28.3. The van der Waals surface area contributed by atoms with E-state index in [1.54, 1.807) is 18.1 Å². The average Bonchev–Trinajstić information content (AvgIpc) is 3.87. The van der Waals surface area contributed by atoms with E-state index in [1.165, 1.54) is 0 Å². The van der Waals surface area contributed by atoms with Crippen molar-refractivity contribution < 1.29 is 33.6 Å². The summed E-state index contributed by atoms with van der Waals surface area (Å²) in [6.45, 7) is 4.46. The van der Waals surface area contributed by atoms with Crippen LogP contribution in [0.5, 0.6) is 0 Å². The molecule has 0 aliphatic carbocycles. The smallest absolute Gasteiger partial charge is 0.309 e. The summed E-state index contributed by atoms with van der Waals surface area (Å²) >= 11 is 0. The molecule has 5 aliphatic rings. The number of nitrogens with one attached hydrogen (secondary N) is 2. The lowest BCUT2D eigenvalue weighted by atomic mass is 9.94. The van der Waals surface area contributed by atoms with Crippen molar-refractivity contribution in [2.75, 3.05) is 13.2 Å². The number of hydrogen-bond donors (Lipinski definition) is 3. The van der Waals surface area contributed by atoms with Crippen molar-refractivity contribution in [3.63, 3.8) is 0 Å². The molecule has 12 heteroatoms. The topological polar surface area (TPSA) is 141 Å². The number of epoxide rings is 2. The SMILES string of the molecule is CCO[C@@H]1OC(=O)C[C@@H]1NC(C)(O)[C@@H]1CCCN2C(=O)CC[C@H](NC3OC3c3nccc4ccccc34)C3OC3N12. The number of carbonyl (C=O) groups excluding carboxylic acids is 2. The normalized spacial score (nSPS) is 36.6. The van der Waals surface area contributed by atoms with Crippen LogP contribution in [-0.4, -0.2) is 93.8 Å². The van der Waals surface area contributed by atoms with Crippen molar-refractivity contribution in [3.8, 4) is 0 Å². The number of ether oxygens (including phenoxy) is 4. The van der Waals surface area contributed by atoms with Crippen molar-refractivity contribution in [1.82, 2.24) is 25.6 Å². The molecule has 9 atom stereocenters. The predicted octanol–water partition coefficient (Wildman–Crippen LogP) is 1.29. The Balaban J connectivity index is 1.06. The lowest BCUT2D eigenvalue weighted by molar-refractivity contribution is -0.202. The fraction of sp³-hybridized carbons (Fsp3) is 0.621. The van der Waals surface area contributed by atoms with E-state index in [-0.39, 0.29) is 49.0 Å². The van der Waals surface area contributed by atoms with Crippen LogP contribution in [-0.2, 0) is 28.5 Å². The second-order valence-corrected chi connectivity index (χ2v) is 11.7. The minimum absolute atomic E-state index is 0.00167. The summed E-state index contributed by atoms with van der Waals surface area (Å²) in [6, 6.07) is 9.06. The minimum atomic E-state index is -1.45. The first-order valence-corrected chi connectivity index (χ1v) is 14.6. The van der Waals surface area contributed by atoms with Gasteiger partial charge in [0.15, 0.2) is 6.23 Å². The minimum Gasteiger partial charge on any atom is -0.434 e. The third-order valence-electron chi connectivity index (χ3n) is 8.82. The zero-order valence-corrected chi connectivity index (χ0v) is 23.3. The molecule has 6 heterocycles. The van der Waals surface area contributed by atoms with Crippen molar-refractivity contribution in [3.05, 3.63) is 42.2 Å². The molecule has 3 N–H and O–H groups in total. The van der Waals surface area contributed by atoms with Crippen LogP contribution < -0.4 is 10.6 Å². The van der Waals surface area contributed by atoms with Gasteiger partial charge >= 0.3 is 5.97 Å². The third kappa shape index (κ3) is 5.11. The first-order valence-electron chi connectivity index (χ1n) is 14.6. The summed E-state index contributed by atoms with van der Waals surface area (Å²) in [5, 5.41) is 24.4. The molecule has 7 rings (SSSR count). The van der Waals surface area contributed by atoms with E-state index >= 15 is 0 Å². The van der Waals surface area contributed by atoms with Gasteiger partial charge in [-0.15, -0.1) is 0 Å². The van der Waals surface area contributed by atoms with Gasteiger partial charge in [0.25, 0.3) is 0 Å². The molecule has 5 unspecified atom stereocenters. The number of fused-ring (bicyclic) bond motifs is 4. The second-order valence-electron chi connectivity index (χ2n) is 11.7. The number of benzene rings is 1. The van der Waals surface area contributed by atoms with Gasteiger partial charge in [0.05, 0.1) is 24.2 Å². The Bertz CT molecular complexity index is 1320. The molecule has 2 aromatic rings. The van der Waals surface area contributed by atoms with E-state index in [0.29, 0.717) is 32.4 Å². The molecule has 1 aromatic carbocycles. The first-order chi connectivity index (χ1) is 19.8. The van der Waals surface area contributed by atoms with E-state index < -0.39 is 24.1 Å². The Hall–Kier alpha value is -2.71. The summed E-state index contributed by atoms with van der Waals surface area (Å²) in [7, 11) is 0. The van der Waals surface area contributed by atoms with E-state index in [1.807, 2.05) is 30.1 Å². The van der Waals surface area contributed by atoms with Gasteiger partial charge in [0.1, 0.15) is 24.2 Å². The molecule has 5 saturated heterocycles. The maximum absolute atomic E-state index is 13.4. The number of esters is 1. The number of rotatable bonds is 8. The average molecular weight is 568 g/mol. The van der Waals surface area contributed by atoms with Crippen molar-refractivity contribution in [2.45, 2.75) is 101 Å². The number of carbonyl (C=O) groups is 2.